The predicted octanol–water partition coefficient (Wildman–Crippen LogP) is 4.78. The van der Waals surface area contributed by atoms with E-state index in [0.717, 1.165) is 5.69 Å². The number of carbonyl (C=O) groups is 2. The van der Waals surface area contributed by atoms with Crippen LogP contribution in [0, 0.1) is 0 Å². The third-order valence-corrected chi connectivity index (χ3v) is 6.92. The molecule has 0 bridgehead atoms. The molecule has 1 N–H and O–H groups in total. The smallest absolute Gasteiger partial charge is 0.262 e. The molecule has 0 aliphatic carbocycles. The zero-order valence-corrected chi connectivity index (χ0v) is 16.2. The summed E-state index contributed by atoms with van der Waals surface area (Å²) >= 11 is 3.91. The summed E-state index contributed by atoms with van der Waals surface area (Å²) in [4.78, 5) is 23.4. The van der Waals surface area contributed by atoms with Crippen molar-refractivity contribution in [2.24, 2.45) is 0 Å². The van der Waals surface area contributed by atoms with Crippen molar-refractivity contribution < 1.29 is 14.3 Å². The van der Waals surface area contributed by atoms with Crippen LogP contribution >= 0.6 is 23.5 Å². The number of amides is 1. The molecule has 3 rings (SSSR count). The van der Waals surface area contributed by atoms with Gasteiger partial charge in [0.15, 0.2) is 12.4 Å². The van der Waals surface area contributed by atoms with Gasteiger partial charge in [-0.2, -0.15) is 0 Å². The first-order chi connectivity index (χ1) is 12.6. The predicted molar refractivity (Wildman–Crippen MR) is 109 cm³/mol. The molecule has 6 heteroatoms. The van der Waals surface area contributed by atoms with E-state index in [2.05, 4.69) is 11.4 Å². The van der Waals surface area contributed by atoms with Crippen LogP contribution in [0.3, 0.4) is 0 Å². The number of Topliss-reactive ketones (excluding diaryl/α,β-unsaturated/α-hetero) is 1. The number of hydrogen-bond acceptors (Lipinski definition) is 5. The maximum atomic E-state index is 12.1. The van der Waals surface area contributed by atoms with Crippen molar-refractivity contribution in [2.45, 2.75) is 17.9 Å². The molecule has 1 aliphatic rings. The molecule has 2 aromatic carbocycles. The Hall–Kier alpha value is -1.92. The van der Waals surface area contributed by atoms with Crippen LogP contribution in [0.4, 0.5) is 5.69 Å². The Labute approximate surface area is 162 Å². The molecule has 0 radical (unpaired) electrons. The summed E-state index contributed by atoms with van der Waals surface area (Å²) in [5.41, 5.74) is 2.64. The first kappa shape index (κ1) is 18.9. The van der Waals surface area contributed by atoms with E-state index in [4.69, 9.17) is 4.74 Å². The lowest BCUT2D eigenvalue weighted by Gasteiger charge is -2.21. The minimum Gasteiger partial charge on any atom is -0.484 e. The van der Waals surface area contributed by atoms with Gasteiger partial charge in [-0.1, -0.05) is 12.1 Å². The van der Waals surface area contributed by atoms with Gasteiger partial charge in [0.1, 0.15) is 5.75 Å². The fraction of sp³-hybridized carbons (Fsp3) is 0.300. The largest absolute Gasteiger partial charge is 0.484 e. The number of ether oxygens (including phenoxy) is 1. The number of nitrogens with one attached hydrogen (secondary N) is 1. The van der Waals surface area contributed by atoms with Crippen molar-refractivity contribution in [2.75, 3.05) is 23.4 Å². The molecule has 0 saturated carbocycles. The molecule has 0 atom stereocenters. The first-order valence-electron chi connectivity index (χ1n) is 8.48. The van der Waals surface area contributed by atoms with E-state index in [0.29, 0.717) is 15.9 Å². The molecule has 1 heterocycles. The number of thioether (sulfide) groups is 2. The van der Waals surface area contributed by atoms with Gasteiger partial charge in [0, 0.05) is 11.3 Å². The summed E-state index contributed by atoms with van der Waals surface area (Å²) in [6, 6.07) is 14.8. The second-order valence-electron chi connectivity index (χ2n) is 5.97. The Morgan fingerprint density at radius 3 is 2.54 bits per heavy atom. The summed E-state index contributed by atoms with van der Waals surface area (Å²) in [5, 5.41) is 2.88. The zero-order valence-electron chi connectivity index (χ0n) is 14.6. The Morgan fingerprint density at radius 1 is 1.12 bits per heavy atom. The van der Waals surface area contributed by atoms with Crippen molar-refractivity contribution >= 4 is 40.9 Å². The van der Waals surface area contributed by atoms with E-state index in [1.54, 1.807) is 24.3 Å². The van der Waals surface area contributed by atoms with Gasteiger partial charge in [-0.05, 0) is 66.8 Å². The molecular weight excluding hydrogens is 366 g/mol. The number of ketones is 1. The highest BCUT2D eigenvalue weighted by Gasteiger charge is 2.17. The van der Waals surface area contributed by atoms with Crippen LogP contribution in [0.2, 0.25) is 0 Å². The fourth-order valence-electron chi connectivity index (χ4n) is 2.58. The van der Waals surface area contributed by atoms with Crippen molar-refractivity contribution in [1.82, 2.24) is 0 Å². The van der Waals surface area contributed by atoms with Gasteiger partial charge < -0.3 is 10.1 Å². The van der Waals surface area contributed by atoms with E-state index in [1.165, 1.54) is 30.4 Å². The number of benzene rings is 2. The standard InChI is InChI=1S/C20H21NO3S2/c1-14(22)15-6-8-18(9-7-15)24-13-19(23)21-17-5-2-4-16(12-17)20-25-10-3-11-26-20/h2,4-9,12,20H,3,10-11,13H2,1H3,(H,21,23). The van der Waals surface area contributed by atoms with E-state index in [-0.39, 0.29) is 18.3 Å². The quantitative estimate of drug-likeness (QED) is 0.723. The lowest BCUT2D eigenvalue weighted by Crippen LogP contribution is -2.20. The summed E-state index contributed by atoms with van der Waals surface area (Å²) in [6.45, 7) is 1.44. The molecule has 1 saturated heterocycles. The van der Waals surface area contributed by atoms with Crippen LogP contribution in [0.1, 0.15) is 33.8 Å². The molecule has 0 unspecified atom stereocenters. The highest BCUT2D eigenvalue weighted by atomic mass is 32.2. The third-order valence-electron chi connectivity index (χ3n) is 3.90. The van der Waals surface area contributed by atoms with E-state index in [9.17, 15) is 9.59 Å². The van der Waals surface area contributed by atoms with E-state index < -0.39 is 0 Å². The van der Waals surface area contributed by atoms with Crippen LogP contribution in [-0.4, -0.2) is 29.8 Å². The van der Waals surface area contributed by atoms with Gasteiger partial charge in [0.05, 0.1) is 4.58 Å². The summed E-state index contributed by atoms with van der Waals surface area (Å²) in [6.07, 6.45) is 1.26. The van der Waals surface area contributed by atoms with Crippen molar-refractivity contribution in [1.29, 1.82) is 0 Å². The van der Waals surface area contributed by atoms with Crippen molar-refractivity contribution in [3.05, 3.63) is 59.7 Å². The topological polar surface area (TPSA) is 55.4 Å². The Kier molecular flexibility index (Phi) is 6.63. The Bertz CT molecular complexity index is 771. The van der Waals surface area contributed by atoms with Crippen molar-refractivity contribution in [3.8, 4) is 5.75 Å². The fourth-order valence-corrected chi connectivity index (χ4v) is 5.45. The number of hydrogen-bond donors (Lipinski definition) is 1. The lowest BCUT2D eigenvalue weighted by atomic mass is 10.1. The molecule has 1 aliphatic heterocycles. The molecule has 1 fully saturated rings. The van der Waals surface area contributed by atoms with Gasteiger partial charge in [-0.25, -0.2) is 0 Å². The second-order valence-corrected chi connectivity index (χ2v) is 8.69. The van der Waals surface area contributed by atoms with Crippen LogP contribution in [0.25, 0.3) is 0 Å². The number of rotatable bonds is 6. The average molecular weight is 388 g/mol. The molecule has 1 amide bonds. The summed E-state index contributed by atoms with van der Waals surface area (Å²) < 4.78 is 5.93. The Balaban J connectivity index is 1.53. The average Bonchev–Trinajstić information content (AvgIpc) is 2.67. The van der Waals surface area contributed by atoms with Crippen molar-refractivity contribution in [3.63, 3.8) is 0 Å². The number of carbonyl (C=O) groups excluding carboxylic acids is 2. The van der Waals surface area contributed by atoms with Gasteiger partial charge in [0.2, 0.25) is 0 Å². The second kappa shape index (κ2) is 9.14. The van der Waals surface area contributed by atoms with Gasteiger partial charge >= 0.3 is 0 Å². The molecule has 4 nitrogen and oxygen atoms in total. The third kappa shape index (κ3) is 5.29. The monoisotopic (exact) mass is 387 g/mol. The minimum absolute atomic E-state index is 0.00321. The highest BCUT2D eigenvalue weighted by molar-refractivity contribution is 8.16. The van der Waals surface area contributed by atoms with Crippen LogP contribution < -0.4 is 10.1 Å². The molecule has 26 heavy (non-hydrogen) atoms. The minimum atomic E-state index is -0.207. The summed E-state index contributed by atoms with van der Waals surface area (Å²) in [7, 11) is 0. The highest BCUT2D eigenvalue weighted by Crippen LogP contribution is 2.44. The molecular formula is C20H21NO3S2. The van der Waals surface area contributed by atoms with Gasteiger partial charge in [0.25, 0.3) is 5.91 Å². The lowest BCUT2D eigenvalue weighted by molar-refractivity contribution is -0.118. The zero-order chi connectivity index (χ0) is 18.4. The van der Waals surface area contributed by atoms with E-state index >= 15 is 0 Å². The molecule has 136 valence electrons. The summed E-state index contributed by atoms with van der Waals surface area (Å²) in [5.74, 6) is 2.73. The van der Waals surface area contributed by atoms with Crippen LogP contribution in [-0.2, 0) is 4.79 Å². The number of anilines is 1. The maximum Gasteiger partial charge on any atom is 0.262 e. The molecule has 0 spiro atoms. The van der Waals surface area contributed by atoms with Gasteiger partial charge in [-0.3, -0.25) is 9.59 Å². The van der Waals surface area contributed by atoms with E-state index in [1.807, 2.05) is 41.7 Å². The maximum absolute atomic E-state index is 12.1. The molecule has 2 aromatic rings. The van der Waals surface area contributed by atoms with Gasteiger partial charge in [-0.15, -0.1) is 23.5 Å². The van der Waals surface area contributed by atoms with Crippen LogP contribution in [0.5, 0.6) is 5.75 Å². The SMILES string of the molecule is CC(=O)c1ccc(OCC(=O)Nc2cccc(C3SCCCS3)c2)cc1. The Morgan fingerprint density at radius 2 is 1.85 bits per heavy atom. The van der Waals surface area contributed by atoms with Crippen LogP contribution in [0.15, 0.2) is 48.5 Å². The molecule has 0 aromatic heterocycles. The normalized spacial score (nSPS) is 14.7. The first-order valence-corrected chi connectivity index (χ1v) is 10.6.